The predicted octanol–water partition coefficient (Wildman–Crippen LogP) is 3.70. The number of aromatic hydroxyl groups is 3. The van der Waals surface area contributed by atoms with Crippen molar-refractivity contribution >= 4 is 23.3 Å². The van der Waals surface area contributed by atoms with Gasteiger partial charge in [0.05, 0.1) is 16.8 Å². The Bertz CT molecular complexity index is 1500. The van der Waals surface area contributed by atoms with Crippen LogP contribution in [0.2, 0.25) is 0 Å². The second-order valence-corrected chi connectivity index (χ2v) is 8.46. The highest BCUT2D eigenvalue weighted by Gasteiger charge is 2.52. The first-order valence-corrected chi connectivity index (χ1v) is 10.7. The molecule has 4 aromatic rings. The number of nitrogens with one attached hydrogen (secondary N) is 1. The molecule has 0 amide bonds. The highest BCUT2D eigenvalue weighted by molar-refractivity contribution is 6.01. The maximum Gasteiger partial charge on any atom is 0.363 e. The Morgan fingerprint density at radius 3 is 2.29 bits per heavy atom. The standard InChI is InChI=1S/C26H18N2O7/c1-13-2-5-18-20(10-13)27-21-12-15(29)4-7-19(21)26(18)17-6-3-14(11-16(17)25(33)34-26)24(32)35-28-22(30)8-9-23(28)31/h2-12,27,29-31H,1H3. The molecule has 1 spiro atoms. The van der Waals surface area contributed by atoms with E-state index in [1.54, 1.807) is 18.2 Å². The Labute approximate surface area is 198 Å². The van der Waals surface area contributed by atoms with E-state index >= 15 is 0 Å². The van der Waals surface area contributed by atoms with Crippen LogP contribution in [0, 0.1) is 6.92 Å². The van der Waals surface area contributed by atoms with E-state index in [4.69, 9.17) is 9.57 Å². The van der Waals surface area contributed by atoms with Gasteiger partial charge in [0.15, 0.2) is 5.60 Å². The first-order valence-electron chi connectivity index (χ1n) is 10.7. The maximum atomic E-state index is 13.2. The van der Waals surface area contributed by atoms with E-state index in [9.17, 15) is 24.9 Å². The second-order valence-electron chi connectivity index (χ2n) is 8.46. The lowest BCUT2D eigenvalue weighted by molar-refractivity contribution is 0.0252. The van der Waals surface area contributed by atoms with E-state index in [0.717, 1.165) is 23.4 Å². The number of anilines is 2. The summed E-state index contributed by atoms with van der Waals surface area (Å²) in [7, 11) is 0. The third-order valence-electron chi connectivity index (χ3n) is 6.28. The van der Waals surface area contributed by atoms with Gasteiger partial charge in [-0.05, 0) is 42.8 Å². The molecule has 174 valence electrons. The van der Waals surface area contributed by atoms with Gasteiger partial charge in [-0.2, -0.15) is 0 Å². The molecule has 9 heteroatoms. The molecule has 6 rings (SSSR count). The third kappa shape index (κ3) is 2.88. The molecule has 1 unspecified atom stereocenters. The van der Waals surface area contributed by atoms with Crippen LogP contribution in [0.5, 0.6) is 17.5 Å². The SMILES string of the molecule is Cc1ccc2c(c1)Nc1cc(O)ccc1C21OC(=O)c2cc(C(=O)On3c(O)ccc3O)ccc21. The van der Waals surface area contributed by atoms with Crippen molar-refractivity contribution in [3.8, 4) is 17.5 Å². The summed E-state index contributed by atoms with van der Waals surface area (Å²) in [5.74, 6) is -2.39. The molecule has 0 bridgehead atoms. The number of esters is 1. The van der Waals surface area contributed by atoms with E-state index in [2.05, 4.69) is 5.32 Å². The van der Waals surface area contributed by atoms with Crippen LogP contribution < -0.4 is 10.2 Å². The number of hydrogen-bond acceptors (Lipinski definition) is 8. The molecule has 3 aromatic carbocycles. The number of nitrogens with zero attached hydrogens (tertiary/aromatic N) is 1. The van der Waals surface area contributed by atoms with Crippen LogP contribution in [0.1, 0.15) is 43.0 Å². The van der Waals surface area contributed by atoms with Gasteiger partial charge in [-0.25, -0.2) is 9.59 Å². The van der Waals surface area contributed by atoms with Crippen LogP contribution in [0.15, 0.2) is 66.7 Å². The average Bonchev–Trinajstić information content (AvgIpc) is 3.30. The van der Waals surface area contributed by atoms with Gasteiger partial charge < -0.3 is 30.2 Å². The third-order valence-corrected chi connectivity index (χ3v) is 6.28. The van der Waals surface area contributed by atoms with Crippen LogP contribution in [0.25, 0.3) is 0 Å². The van der Waals surface area contributed by atoms with E-state index in [1.165, 1.54) is 18.2 Å². The van der Waals surface area contributed by atoms with Crippen molar-refractivity contribution < 1.29 is 34.5 Å². The minimum absolute atomic E-state index is 0.0224. The fraction of sp³-hybridized carbons (Fsp3) is 0.0769. The van der Waals surface area contributed by atoms with Crippen molar-refractivity contribution in [3.05, 3.63) is 100 Å². The van der Waals surface area contributed by atoms with Crippen molar-refractivity contribution in [2.45, 2.75) is 12.5 Å². The fourth-order valence-corrected chi connectivity index (χ4v) is 4.73. The summed E-state index contributed by atoms with van der Waals surface area (Å²) in [4.78, 5) is 30.9. The molecule has 1 atom stereocenters. The first-order chi connectivity index (χ1) is 16.8. The summed E-state index contributed by atoms with van der Waals surface area (Å²) in [5.41, 5.74) is 3.10. The van der Waals surface area contributed by atoms with Gasteiger partial charge >= 0.3 is 11.9 Å². The molecule has 3 heterocycles. The van der Waals surface area contributed by atoms with E-state index in [-0.39, 0.29) is 16.9 Å². The van der Waals surface area contributed by atoms with Gasteiger partial charge in [0.2, 0.25) is 11.8 Å². The Kier molecular flexibility index (Phi) is 4.16. The molecular weight excluding hydrogens is 452 g/mol. The minimum atomic E-state index is -1.29. The summed E-state index contributed by atoms with van der Waals surface area (Å²) >= 11 is 0. The highest BCUT2D eigenvalue weighted by Crippen LogP contribution is 2.55. The summed E-state index contributed by atoms with van der Waals surface area (Å²) in [6, 6.07) is 17.3. The smallest absolute Gasteiger partial charge is 0.363 e. The molecule has 0 fully saturated rings. The average molecular weight is 470 g/mol. The van der Waals surface area contributed by atoms with Crippen LogP contribution >= 0.6 is 0 Å². The minimum Gasteiger partial charge on any atom is -0.508 e. The normalized spacial score (nSPS) is 17.2. The highest BCUT2D eigenvalue weighted by atomic mass is 16.7. The van der Waals surface area contributed by atoms with Crippen LogP contribution in [0.3, 0.4) is 0 Å². The van der Waals surface area contributed by atoms with Crippen molar-refractivity contribution in [1.82, 2.24) is 4.73 Å². The van der Waals surface area contributed by atoms with E-state index < -0.39 is 29.3 Å². The van der Waals surface area contributed by atoms with Crippen molar-refractivity contribution in [3.63, 3.8) is 0 Å². The first kappa shape index (κ1) is 20.7. The Morgan fingerprint density at radius 1 is 0.886 bits per heavy atom. The predicted molar refractivity (Wildman–Crippen MR) is 123 cm³/mol. The zero-order chi connectivity index (χ0) is 24.5. The quantitative estimate of drug-likeness (QED) is 0.326. The van der Waals surface area contributed by atoms with Crippen molar-refractivity contribution in [1.29, 1.82) is 0 Å². The van der Waals surface area contributed by atoms with Gasteiger partial charge in [0.25, 0.3) is 0 Å². The van der Waals surface area contributed by atoms with Crippen LogP contribution in [-0.2, 0) is 10.3 Å². The van der Waals surface area contributed by atoms with E-state index in [1.807, 2.05) is 25.1 Å². The number of phenolic OH excluding ortho intramolecular Hbond substituents is 1. The molecule has 0 saturated carbocycles. The number of fused-ring (bicyclic) bond motifs is 6. The zero-order valence-corrected chi connectivity index (χ0v) is 18.3. The molecule has 2 aliphatic heterocycles. The molecule has 4 N–H and O–H groups in total. The number of ether oxygens (including phenoxy) is 1. The Balaban J connectivity index is 1.50. The van der Waals surface area contributed by atoms with Crippen molar-refractivity contribution in [2.24, 2.45) is 0 Å². The number of benzene rings is 3. The largest absolute Gasteiger partial charge is 0.508 e. The summed E-state index contributed by atoms with van der Waals surface area (Å²) in [6.45, 7) is 1.94. The Morgan fingerprint density at radius 2 is 1.54 bits per heavy atom. The van der Waals surface area contributed by atoms with Gasteiger partial charge in [0, 0.05) is 40.6 Å². The molecule has 35 heavy (non-hydrogen) atoms. The number of carbonyl (C=O) groups excluding carboxylic acids is 2. The molecule has 0 saturated heterocycles. The lowest BCUT2D eigenvalue weighted by atomic mass is 9.76. The zero-order valence-electron chi connectivity index (χ0n) is 18.3. The van der Waals surface area contributed by atoms with Gasteiger partial charge in [-0.1, -0.05) is 18.2 Å². The fourth-order valence-electron chi connectivity index (χ4n) is 4.73. The number of carbonyl (C=O) groups is 2. The van der Waals surface area contributed by atoms with Gasteiger partial charge in [-0.15, -0.1) is 4.73 Å². The Hall–Kier alpha value is -4.92. The summed E-state index contributed by atoms with van der Waals surface area (Å²) in [5, 5.41) is 32.9. The van der Waals surface area contributed by atoms with Crippen LogP contribution in [-0.4, -0.2) is 32.0 Å². The van der Waals surface area contributed by atoms with E-state index in [0.29, 0.717) is 27.1 Å². The molecule has 0 radical (unpaired) electrons. The molecule has 2 aliphatic rings. The number of aryl methyl sites for hydroxylation is 1. The topological polar surface area (TPSA) is 130 Å². The summed E-state index contributed by atoms with van der Waals surface area (Å²) in [6.07, 6.45) is 0. The van der Waals surface area contributed by atoms with Gasteiger partial charge in [-0.3, -0.25) is 0 Å². The maximum absolute atomic E-state index is 13.2. The second kappa shape index (κ2) is 7.04. The molecule has 0 aliphatic carbocycles. The molecular formula is C26H18N2O7. The number of phenols is 1. The molecule has 9 nitrogen and oxygen atoms in total. The van der Waals surface area contributed by atoms with Crippen LogP contribution in [0.4, 0.5) is 11.4 Å². The lowest BCUT2D eigenvalue weighted by Crippen LogP contribution is -2.34. The lowest BCUT2D eigenvalue weighted by Gasteiger charge is -2.37. The number of aromatic nitrogens is 1. The molecule has 1 aromatic heterocycles. The van der Waals surface area contributed by atoms with Gasteiger partial charge in [0.1, 0.15) is 5.75 Å². The number of rotatable bonds is 2. The monoisotopic (exact) mass is 470 g/mol. The summed E-state index contributed by atoms with van der Waals surface area (Å²) < 4.78 is 6.65. The number of hydrogen-bond donors (Lipinski definition) is 4. The van der Waals surface area contributed by atoms with Crippen molar-refractivity contribution in [2.75, 3.05) is 5.32 Å².